The Hall–Kier alpha value is -4.94. The van der Waals surface area contributed by atoms with E-state index in [9.17, 15) is 4.79 Å². The van der Waals surface area contributed by atoms with Crippen LogP contribution in [0.4, 0.5) is 27.3 Å². The first kappa shape index (κ1) is 28.6. The van der Waals surface area contributed by atoms with Gasteiger partial charge in [0.15, 0.2) is 5.84 Å². The van der Waals surface area contributed by atoms with Crippen molar-refractivity contribution in [3.05, 3.63) is 83.3 Å². The first-order valence-corrected chi connectivity index (χ1v) is 13.5. The van der Waals surface area contributed by atoms with Gasteiger partial charge in [-0.25, -0.2) is 9.37 Å². The molecule has 2 heterocycles. The number of aryl methyl sites for hydroxylation is 1. The molecule has 0 atom stereocenters. The highest BCUT2D eigenvalue weighted by molar-refractivity contribution is 6.15. The third-order valence-electron chi connectivity index (χ3n) is 7.13. The quantitative estimate of drug-likeness (QED) is 0.0663. The summed E-state index contributed by atoms with van der Waals surface area (Å²) in [6.07, 6.45) is 1.59. The van der Waals surface area contributed by atoms with Gasteiger partial charge in [0.1, 0.15) is 24.0 Å². The van der Waals surface area contributed by atoms with Gasteiger partial charge in [0.05, 0.1) is 35.8 Å². The zero-order chi connectivity index (χ0) is 29.6. The van der Waals surface area contributed by atoms with Crippen molar-refractivity contribution in [2.24, 2.45) is 16.7 Å². The molecule has 0 bridgehead atoms. The number of nitrogen functional groups attached to an aromatic ring is 1. The van der Waals surface area contributed by atoms with Crippen molar-refractivity contribution in [2.45, 2.75) is 6.92 Å². The molecule has 5 rings (SSSR count). The number of amides is 1. The lowest BCUT2D eigenvalue weighted by molar-refractivity contribution is 0.0322. The van der Waals surface area contributed by atoms with Crippen LogP contribution in [0.15, 0.2) is 65.9 Å². The topological polar surface area (TPSA) is 166 Å². The van der Waals surface area contributed by atoms with E-state index >= 15 is 4.39 Å². The number of carbonyl (C=O) groups is 1. The molecule has 1 fully saturated rings. The first-order chi connectivity index (χ1) is 20.4. The van der Waals surface area contributed by atoms with Crippen molar-refractivity contribution in [1.29, 1.82) is 0 Å². The van der Waals surface area contributed by atoms with E-state index in [4.69, 9.17) is 26.8 Å². The average Bonchev–Trinajstić information content (AvgIpc) is 3.00. The lowest BCUT2D eigenvalue weighted by Crippen LogP contribution is -2.38. The number of hydrogen-bond acceptors (Lipinski definition) is 9. The molecule has 218 valence electrons. The van der Waals surface area contributed by atoms with E-state index in [1.54, 1.807) is 42.6 Å². The highest BCUT2D eigenvalue weighted by atomic mass is 19.1. The fourth-order valence-electron chi connectivity index (χ4n) is 4.80. The molecular weight excluding hydrogens is 539 g/mol. The Balaban J connectivity index is 1.34. The minimum Gasteiger partial charge on any atom is -0.492 e. The summed E-state index contributed by atoms with van der Waals surface area (Å²) in [4.78, 5) is 20.0. The maximum atomic E-state index is 15.1. The van der Waals surface area contributed by atoms with Crippen molar-refractivity contribution in [3.8, 4) is 5.75 Å². The Kier molecular flexibility index (Phi) is 8.65. The van der Waals surface area contributed by atoms with Crippen molar-refractivity contribution in [2.75, 3.05) is 55.8 Å². The second-order valence-corrected chi connectivity index (χ2v) is 9.82. The van der Waals surface area contributed by atoms with Gasteiger partial charge < -0.3 is 37.4 Å². The Labute approximate surface area is 242 Å². The van der Waals surface area contributed by atoms with Crippen LogP contribution in [-0.2, 0) is 4.74 Å². The number of morpholine rings is 1. The number of halogens is 1. The van der Waals surface area contributed by atoms with E-state index in [-0.39, 0.29) is 22.8 Å². The van der Waals surface area contributed by atoms with Crippen molar-refractivity contribution in [1.82, 2.24) is 9.88 Å². The number of nitrogens with two attached hydrogens (primary N) is 3. The van der Waals surface area contributed by atoms with E-state index in [2.05, 4.69) is 25.6 Å². The molecule has 0 unspecified atom stereocenters. The third kappa shape index (κ3) is 6.19. The Morgan fingerprint density at radius 1 is 1.12 bits per heavy atom. The first-order valence-electron chi connectivity index (χ1n) is 13.5. The van der Waals surface area contributed by atoms with Gasteiger partial charge >= 0.3 is 0 Å². The van der Waals surface area contributed by atoms with Gasteiger partial charge in [-0.05, 0) is 42.8 Å². The Morgan fingerprint density at radius 3 is 2.67 bits per heavy atom. The van der Waals surface area contributed by atoms with Gasteiger partial charge in [0.25, 0.3) is 5.91 Å². The van der Waals surface area contributed by atoms with Gasteiger partial charge in [-0.1, -0.05) is 18.2 Å². The van der Waals surface area contributed by atoms with Gasteiger partial charge in [-0.15, -0.1) is 0 Å². The van der Waals surface area contributed by atoms with Crippen LogP contribution in [0.1, 0.15) is 21.5 Å². The van der Waals surface area contributed by atoms with Crippen molar-refractivity contribution in [3.63, 3.8) is 0 Å². The van der Waals surface area contributed by atoms with Gasteiger partial charge in [-0.3, -0.25) is 9.69 Å². The second-order valence-electron chi connectivity index (χ2n) is 9.82. The summed E-state index contributed by atoms with van der Waals surface area (Å²) in [6, 6.07) is 15.0. The number of rotatable bonds is 9. The maximum Gasteiger partial charge on any atom is 0.257 e. The smallest absolute Gasteiger partial charge is 0.257 e. The molecule has 1 saturated heterocycles. The lowest BCUT2D eigenvalue weighted by atomic mass is 10.0. The zero-order valence-corrected chi connectivity index (χ0v) is 23.2. The highest BCUT2D eigenvalue weighted by Crippen LogP contribution is 2.33. The summed E-state index contributed by atoms with van der Waals surface area (Å²) in [6.45, 7) is 6.24. The number of pyridine rings is 1. The van der Waals surface area contributed by atoms with Gasteiger partial charge in [0.2, 0.25) is 0 Å². The van der Waals surface area contributed by atoms with Crippen LogP contribution in [-0.4, -0.2) is 61.1 Å². The minimum absolute atomic E-state index is 0.0186. The number of amidine groups is 1. The molecule has 0 saturated carbocycles. The molecule has 0 radical (unpaired) electrons. The summed E-state index contributed by atoms with van der Waals surface area (Å²) in [5.41, 5.74) is 14.4. The number of hydrazone groups is 1. The van der Waals surface area contributed by atoms with E-state index in [0.717, 1.165) is 25.2 Å². The fraction of sp³-hybridized carbons (Fsp3) is 0.233. The molecule has 11 nitrogen and oxygen atoms in total. The van der Waals surface area contributed by atoms with Gasteiger partial charge in [0, 0.05) is 48.2 Å². The van der Waals surface area contributed by atoms with E-state index in [1.165, 1.54) is 6.07 Å². The summed E-state index contributed by atoms with van der Waals surface area (Å²) in [5.74, 6) is 5.28. The number of nitrogens with one attached hydrogen (secondary N) is 2. The molecule has 12 heteroatoms. The van der Waals surface area contributed by atoms with Crippen LogP contribution in [0, 0.1) is 12.7 Å². The number of ether oxygens (including phenoxy) is 2. The summed E-state index contributed by atoms with van der Waals surface area (Å²) in [5, 5.41) is 10.9. The second kappa shape index (κ2) is 12.7. The SMILES string of the molecule is Cc1ccc2c(Nc3ccc(OCCN4CCOCC4)cc3F)nccc2c1NC(=O)c1cccc(C(N)=NN)c1N. The highest BCUT2D eigenvalue weighted by Gasteiger charge is 2.18. The number of nitrogens with zero attached hydrogens (tertiary/aromatic N) is 3. The molecule has 8 N–H and O–H groups in total. The van der Waals surface area contributed by atoms with Gasteiger partial charge in [-0.2, -0.15) is 5.10 Å². The van der Waals surface area contributed by atoms with Crippen LogP contribution in [0.2, 0.25) is 0 Å². The van der Waals surface area contributed by atoms with E-state index in [0.29, 0.717) is 53.4 Å². The average molecular weight is 573 g/mol. The van der Waals surface area contributed by atoms with Crippen molar-refractivity contribution < 1.29 is 18.7 Å². The van der Waals surface area contributed by atoms with E-state index < -0.39 is 11.7 Å². The molecule has 0 spiro atoms. The summed E-state index contributed by atoms with van der Waals surface area (Å²) in [7, 11) is 0. The number of benzene rings is 3. The molecule has 42 heavy (non-hydrogen) atoms. The standard InChI is InChI=1S/C30H33FN8O3/c1-18-5-7-21-20(27(18)37-30(40)23-4-2-3-22(26(23)32)28(33)38-34)9-10-35-29(21)36-25-8-6-19(17-24(25)31)42-16-13-39-11-14-41-15-12-39/h2-10,17H,11-16,32,34H2,1H3,(H2,33,38)(H,35,36)(H,37,40). The molecular formula is C30H33FN8O3. The normalized spacial score (nSPS) is 14.1. The summed E-state index contributed by atoms with van der Waals surface area (Å²) >= 11 is 0. The zero-order valence-electron chi connectivity index (χ0n) is 23.2. The molecule has 3 aromatic carbocycles. The third-order valence-corrected chi connectivity index (χ3v) is 7.13. The monoisotopic (exact) mass is 572 g/mol. The number of carbonyl (C=O) groups excluding carboxylic acids is 1. The number of hydrogen-bond donors (Lipinski definition) is 5. The molecule has 1 aliphatic heterocycles. The van der Waals surface area contributed by atoms with Crippen LogP contribution in [0.3, 0.4) is 0 Å². The summed E-state index contributed by atoms with van der Waals surface area (Å²) < 4.78 is 26.2. The number of fused-ring (bicyclic) bond motifs is 1. The molecule has 1 aromatic heterocycles. The van der Waals surface area contributed by atoms with Crippen LogP contribution >= 0.6 is 0 Å². The van der Waals surface area contributed by atoms with Crippen LogP contribution in [0.25, 0.3) is 10.8 Å². The van der Waals surface area contributed by atoms with Crippen LogP contribution in [0.5, 0.6) is 5.75 Å². The largest absolute Gasteiger partial charge is 0.492 e. The minimum atomic E-state index is -0.478. The predicted molar refractivity (Wildman–Crippen MR) is 163 cm³/mol. The maximum absolute atomic E-state index is 15.1. The predicted octanol–water partition coefficient (Wildman–Crippen LogP) is 3.55. The molecule has 0 aliphatic carbocycles. The van der Waals surface area contributed by atoms with E-state index in [1.807, 2.05) is 19.1 Å². The fourth-order valence-corrected chi connectivity index (χ4v) is 4.80. The molecule has 1 amide bonds. The Morgan fingerprint density at radius 2 is 1.90 bits per heavy atom. The Bertz CT molecular complexity index is 1640. The van der Waals surface area contributed by atoms with Crippen molar-refractivity contribution >= 4 is 45.4 Å². The number of aromatic nitrogens is 1. The molecule has 1 aliphatic rings. The lowest BCUT2D eigenvalue weighted by Gasteiger charge is -2.26. The number of anilines is 4. The van der Waals surface area contributed by atoms with Crippen LogP contribution < -0.4 is 32.7 Å². The number of para-hydroxylation sites is 1. The molecule has 4 aromatic rings.